The number of likely N-dealkylation sites (tertiary alicyclic amines) is 1. The molecule has 0 bridgehead atoms. The van der Waals surface area contributed by atoms with Crippen molar-refractivity contribution in [3.8, 4) is 0 Å². The zero-order valence-corrected chi connectivity index (χ0v) is 17.4. The second-order valence-electron chi connectivity index (χ2n) is 8.06. The van der Waals surface area contributed by atoms with Crippen LogP contribution in [0.2, 0.25) is 0 Å². The highest BCUT2D eigenvalue weighted by Crippen LogP contribution is 2.30. The molecule has 1 N–H and O–H groups in total. The standard InChI is InChI=1S/C23H26N4O3/c1-15-5-8-21(24-13-15)25-22(29)19-4-3-10-26(14-19)23(30)18-6-7-20-17(12-18)9-11-27(20)16(2)28/h5-8,12-13,19H,3-4,9-11,14H2,1-2H3,(H,24,25,29). The Morgan fingerprint density at radius 1 is 1.13 bits per heavy atom. The largest absolute Gasteiger partial charge is 0.338 e. The van der Waals surface area contributed by atoms with Gasteiger partial charge in [-0.25, -0.2) is 4.98 Å². The maximum atomic E-state index is 13.1. The van der Waals surface area contributed by atoms with Gasteiger partial charge in [-0.3, -0.25) is 14.4 Å². The van der Waals surface area contributed by atoms with Crippen molar-refractivity contribution in [3.63, 3.8) is 0 Å². The fourth-order valence-corrected chi connectivity index (χ4v) is 4.19. The SMILES string of the molecule is CC(=O)N1CCc2cc(C(=O)N3CCCC(C(=O)Nc4ccc(C)cn4)C3)ccc21. The van der Waals surface area contributed by atoms with Gasteiger partial charge in [0.2, 0.25) is 11.8 Å². The van der Waals surface area contributed by atoms with Crippen LogP contribution in [0.15, 0.2) is 36.5 Å². The minimum atomic E-state index is -0.256. The summed E-state index contributed by atoms with van der Waals surface area (Å²) in [4.78, 5) is 45.2. The fourth-order valence-electron chi connectivity index (χ4n) is 4.19. The Morgan fingerprint density at radius 2 is 1.97 bits per heavy atom. The number of rotatable bonds is 3. The molecule has 30 heavy (non-hydrogen) atoms. The zero-order chi connectivity index (χ0) is 21.3. The molecule has 1 aromatic carbocycles. The number of piperidine rings is 1. The van der Waals surface area contributed by atoms with Crippen LogP contribution in [-0.4, -0.2) is 47.2 Å². The third-order valence-corrected chi connectivity index (χ3v) is 5.84. The van der Waals surface area contributed by atoms with Crippen LogP contribution in [0.5, 0.6) is 0 Å². The number of amides is 3. The number of hydrogen-bond acceptors (Lipinski definition) is 4. The van der Waals surface area contributed by atoms with Crippen molar-refractivity contribution in [2.75, 3.05) is 29.9 Å². The average molecular weight is 406 g/mol. The predicted octanol–water partition coefficient (Wildman–Crippen LogP) is 2.79. The van der Waals surface area contributed by atoms with Gasteiger partial charge in [0.1, 0.15) is 5.82 Å². The molecule has 2 aliphatic heterocycles. The van der Waals surface area contributed by atoms with Crippen LogP contribution in [0.3, 0.4) is 0 Å². The molecule has 0 spiro atoms. The van der Waals surface area contributed by atoms with Gasteiger partial charge in [0.25, 0.3) is 5.91 Å². The first-order chi connectivity index (χ1) is 14.4. The van der Waals surface area contributed by atoms with E-state index in [1.165, 1.54) is 0 Å². The summed E-state index contributed by atoms with van der Waals surface area (Å²) in [5.74, 6) is 0.122. The van der Waals surface area contributed by atoms with Crippen LogP contribution in [0.4, 0.5) is 11.5 Å². The van der Waals surface area contributed by atoms with Crippen molar-refractivity contribution in [3.05, 3.63) is 53.2 Å². The van der Waals surface area contributed by atoms with Crippen molar-refractivity contribution in [2.45, 2.75) is 33.1 Å². The van der Waals surface area contributed by atoms with Crippen LogP contribution in [0, 0.1) is 12.8 Å². The van der Waals surface area contributed by atoms with Gasteiger partial charge in [-0.2, -0.15) is 0 Å². The molecule has 4 rings (SSSR count). The van der Waals surface area contributed by atoms with Gasteiger partial charge in [-0.15, -0.1) is 0 Å². The summed E-state index contributed by atoms with van der Waals surface area (Å²) in [5, 5.41) is 2.86. The maximum absolute atomic E-state index is 13.1. The minimum Gasteiger partial charge on any atom is -0.338 e. The molecule has 1 saturated heterocycles. The van der Waals surface area contributed by atoms with Crippen LogP contribution in [-0.2, 0) is 16.0 Å². The highest BCUT2D eigenvalue weighted by molar-refractivity contribution is 5.98. The molecule has 3 heterocycles. The van der Waals surface area contributed by atoms with Crippen molar-refractivity contribution in [1.82, 2.24) is 9.88 Å². The van der Waals surface area contributed by atoms with Gasteiger partial charge in [-0.1, -0.05) is 6.07 Å². The number of pyridine rings is 1. The summed E-state index contributed by atoms with van der Waals surface area (Å²) in [7, 11) is 0. The number of aryl methyl sites for hydroxylation is 1. The molecule has 2 aromatic rings. The Balaban J connectivity index is 1.43. The lowest BCUT2D eigenvalue weighted by molar-refractivity contribution is -0.121. The lowest BCUT2D eigenvalue weighted by Crippen LogP contribution is -2.43. The molecule has 0 saturated carbocycles. The van der Waals surface area contributed by atoms with Crippen molar-refractivity contribution < 1.29 is 14.4 Å². The maximum Gasteiger partial charge on any atom is 0.253 e. The van der Waals surface area contributed by atoms with E-state index < -0.39 is 0 Å². The van der Waals surface area contributed by atoms with Crippen molar-refractivity contribution in [1.29, 1.82) is 0 Å². The Bertz CT molecular complexity index is 986. The molecule has 0 radical (unpaired) electrons. The normalized spacial score (nSPS) is 18.1. The first-order valence-corrected chi connectivity index (χ1v) is 10.4. The first kappa shape index (κ1) is 20.1. The lowest BCUT2D eigenvalue weighted by atomic mass is 9.96. The molecule has 156 valence electrons. The summed E-state index contributed by atoms with van der Waals surface area (Å²) >= 11 is 0. The quantitative estimate of drug-likeness (QED) is 0.850. The van der Waals surface area contributed by atoms with E-state index in [2.05, 4.69) is 10.3 Å². The number of fused-ring (bicyclic) bond motifs is 1. The van der Waals surface area contributed by atoms with Crippen LogP contribution < -0.4 is 10.2 Å². The van der Waals surface area contributed by atoms with E-state index in [0.29, 0.717) is 31.0 Å². The Labute approximate surface area is 176 Å². The number of anilines is 2. The summed E-state index contributed by atoms with van der Waals surface area (Å²) in [6, 6.07) is 9.21. The Kier molecular flexibility index (Phi) is 5.53. The Morgan fingerprint density at radius 3 is 2.70 bits per heavy atom. The smallest absolute Gasteiger partial charge is 0.253 e. The molecule has 7 heteroatoms. The molecular weight excluding hydrogens is 380 g/mol. The second-order valence-corrected chi connectivity index (χ2v) is 8.06. The number of carbonyl (C=O) groups is 3. The number of benzene rings is 1. The zero-order valence-electron chi connectivity index (χ0n) is 17.4. The van der Waals surface area contributed by atoms with E-state index in [9.17, 15) is 14.4 Å². The number of aromatic nitrogens is 1. The summed E-state index contributed by atoms with van der Waals surface area (Å²) in [6.07, 6.45) is 4.01. The van der Waals surface area contributed by atoms with Gasteiger partial charge in [0.15, 0.2) is 0 Å². The molecule has 1 aromatic heterocycles. The second kappa shape index (κ2) is 8.26. The summed E-state index contributed by atoms with van der Waals surface area (Å²) in [5.41, 5.74) is 3.55. The van der Waals surface area contributed by atoms with Crippen LogP contribution in [0.25, 0.3) is 0 Å². The highest BCUT2D eigenvalue weighted by Gasteiger charge is 2.30. The number of hydrogen-bond donors (Lipinski definition) is 1. The van der Waals surface area contributed by atoms with Gasteiger partial charge < -0.3 is 15.1 Å². The van der Waals surface area contributed by atoms with Crippen LogP contribution >= 0.6 is 0 Å². The van der Waals surface area contributed by atoms with E-state index in [1.54, 1.807) is 35.1 Å². The van der Waals surface area contributed by atoms with Crippen molar-refractivity contribution in [2.24, 2.45) is 5.92 Å². The molecule has 2 aliphatic rings. The molecular formula is C23H26N4O3. The predicted molar refractivity (Wildman–Crippen MR) is 114 cm³/mol. The number of nitrogens with zero attached hydrogens (tertiary/aromatic N) is 3. The first-order valence-electron chi connectivity index (χ1n) is 10.4. The van der Waals surface area contributed by atoms with Crippen LogP contribution in [0.1, 0.15) is 41.3 Å². The summed E-state index contributed by atoms with van der Waals surface area (Å²) < 4.78 is 0. The Hall–Kier alpha value is -3.22. The van der Waals surface area contributed by atoms with Gasteiger partial charge in [-0.05, 0) is 61.6 Å². The molecule has 1 atom stereocenters. The fraction of sp³-hybridized carbons (Fsp3) is 0.391. The molecule has 1 unspecified atom stereocenters. The number of nitrogens with one attached hydrogen (secondary N) is 1. The molecule has 0 aliphatic carbocycles. The third kappa shape index (κ3) is 4.06. The minimum absolute atomic E-state index is 0.0146. The lowest BCUT2D eigenvalue weighted by Gasteiger charge is -2.32. The van der Waals surface area contributed by atoms with E-state index in [1.807, 2.05) is 25.1 Å². The molecule has 1 fully saturated rings. The van der Waals surface area contributed by atoms with Gasteiger partial charge in [0, 0.05) is 44.0 Å². The summed E-state index contributed by atoms with van der Waals surface area (Å²) in [6.45, 7) is 5.19. The molecule has 7 nitrogen and oxygen atoms in total. The van der Waals surface area contributed by atoms with Crippen molar-refractivity contribution >= 4 is 29.2 Å². The van der Waals surface area contributed by atoms with Gasteiger partial charge in [0.05, 0.1) is 5.92 Å². The number of carbonyl (C=O) groups excluding carboxylic acids is 3. The monoisotopic (exact) mass is 406 g/mol. The highest BCUT2D eigenvalue weighted by atomic mass is 16.2. The third-order valence-electron chi connectivity index (χ3n) is 5.84. The topological polar surface area (TPSA) is 82.6 Å². The van der Waals surface area contributed by atoms with E-state index >= 15 is 0 Å². The van der Waals surface area contributed by atoms with E-state index in [0.717, 1.165) is 36.1 Å². The van der Waals surface area contributed by atoms with E-state index in [4.69, 9.17) is 0 Å². The van der Waals surface area contributed by atoms with E-state index in [-0.39, 0.29) is 23.6 Å². The van der Waals surface area contributed by atoms with Gasteiger partial charge >= 0.3 is 0 Å². The molecule has 3 amide bonds. The average Bonchev–Trinajstić information content (AvgIpc) is 3.18.